The summed E-state index contributed by atoms with van der Waals surface area (Å²) in [5.74, 6) is 1.24. The van der Waals surface area contributed by atoms with E-state index in [1.165, 1.54) is 28.3 Å². The average Bonchev–Trinajstić information content (AvgIpc) is 2.28. The molecule has 0 unspecified atom stereocenters. The molecule has 2 heteroatoms. The summed E-state index contributed by atoms with van der Waals surface area (Å²) in [6.45, 7) is 3.25. The first-order valence-electron chi connectivity index (χ1n) is 4.33. The molecule has 0 atom stereocenters. The number of benzene rings is 1. The largest absolute Gasteiger partial charge is 0.384 e. The van der Waals surface area contributed by atoms with Crippen LogP contribution in [0.15, 0.2) is 23.1 Å². The molecule has 0 saturated carbocycles. The minimum absolute atomic E-state index is 1.11. The second kappa shape index (κ2) is 3.40. The third kappa shape index (κ3) is 1.58. The lowest BCUT2D eigenvalue weighted by molar-refractivity contribution is 0.999. The summed E-state index contributed by atoms with van der Waals surface area (Å²) in [6.07, 6.45) is 1.26. The third-order valence-electron chi connectivity index (χ3n) is 2.03. The fourth-order valence-corrected chi connectivity index (χ4v) is 2.34. The van der Waals surface area contributed by atoms with Crippen LogP contribution in [0.5, 0.6) is 0 Å². The van der Waals surface area contributed by atoms with Gasteiger partial charge < -0.3 is 5.32 Å². The first-order valence-corrected chi connectivity index (χ1v) is 5.32. The van der Waals surface area contributed by atoms with Gasteiger partial charge in [0.2, 0.25) is 0 Å². The van der Waals surface area contributed by atoms with Gasteiger partial charge in [0.05, 0.1) is 0 Å². The second-order valence-corrected chi connectivity index (χ2v) is 4.27. The van der Waals surface area contributed by atoms with E-state index in [1.807, 2.05) is 11.8 Å². The van der Waals surface area contributed by atoms with Crippen molar-refractivity contribution in [3.8, 4) is 0 Å². The molecule has 0 saturated heterocycles. The first kappa shape index (κ1) is 7.99. The zero-order chi connectivity index (χ0) is 8.39. The van der Waals surface area contributed by atoms with Crippen molar-refractivity contribution in [2.45, 2.75) is 18.2 Å². The molecule has 1 aromatic rings. The first-order chi connectivity index (χ1) is 5.86. The zero-order valence-electron chi connectivity index (χ0n) is 7.26. The summed E-state index contributed by atoms with van der Waals surface area (Å²) in [5.41, 5.74) is 2.65. The number of aryl methyl sites for hydroxylation is 1. The van der Waals surface area contributed by atoms with Gasteiger partial charge in [-0.3, -0.25) is 0 Å². The topological polar surface area (TPSA) is 12.0 Å². The number of rotatable bonds is 0. The van der Waals surface area contributed by atoms with Gasteiger partial charge in [-0.25, -0.2) is 0 Å². The Morgan fingerprint density at radius 1 is 1.42 bits per heavy atom. The number of anilines is 1. The molecule has 12 heavy (non-hydrogen) atoms. The highest BCUT2D eigenvalue weighted by atomic mass is 32.2. The van der Waals surface area contributed by atoms with Crippen LogP contribution in [0.4, 0.5) is 5.69 Å². The van der Waals surface area contributed by atoms with Crippen molar-refractivity contribution in [2.24, 2.45) is 0 Å². The molecule has 0 bridgehead atoms. The summed E-state index contributed by atoms with van der Waals surface area (Å²) in [7, 11) is 0. The van der Waals surface area contributed by atoms with Gasteiger partial charge in [0, 0.05) is 17.1 Å². The predicted molar refractivity (Wildman–Crippen MR) is 55.0 cm³/mol. The van der Waals surface area contributed by atoms with Crippen molar-refractivity contribution in [1.29, 1.82) is 0 Å². The molecule has 0 aromatic heterocycles. The molecule has 0 amide bonds. The maximum atomic E-state index is 3.45. The quantitative estimate of drug-likeness (QED) is 0.657. The van der Waals surface area contributed by atoms with Crippen LogP contribution in [0.25, 0.3) is 0 Å². The van der Waals surface area contributed by atoms with Crippen molar-refractivity contribution in [1.82, 2.24) is 0 Å². The van der Waals surface area contributed by atoms with E-state index in [9.17, 15) is 0 Å². The molecular weight excluding hydrogens is 166 g/mol. The van der Waals surface area contributed by atoms with Crippen molar-refractivity contribution in [3.05, 3.63) is 23.8 Å². The smallest absolute Gasteiger partial charge is 0.0481 e. The van der Waals surface area contributed by atoms with E-state index in [-0.39, 0.29) is 0 Å². The van der Waals surface area contributed by atoms with Gasteiger partial charge in [-0.2, -0.15) is 0 Å². The predicted octanol–water partition coefficient (Wildman–Crippen LogP) is 2.90. The SMILES string of the molecule is Cc1ccc2c(c1)NCCCS2. The van der Waals surface area contributed by atoms with Gasteiger partial charge in [-0.1, -0.05) is 6.07 Å². The summed E-state index contributed by atoms with van der Waals surface area (Å²) in [6, 6.07) is 6.63. The Kier molecular flexibility index (Phi) is 2.26. The van der Waals surface area contributed by atoms with Crippen LogP contribution in [0.2, 0.25) is 0 Å². The molecule has 0 fully saturated rings. The highest BCUT2D eigenvalue weighted by Crippen LogP contribution is 2.30. The number of fused-ring (bicyclic) bond motifs is 1. The molecule has 1 aliphatic heterocycles. The maximum absolute atomic E-state index is 3.45. The van der Waals surface area contributed by atoms with Gasteiger partial charge in [0.25, 0.3) is 0 Å². The Morgan fingerprint density at radius 3 is 3.25 bits per heavy atom. The van der Waals surface area contributed by atoms with Gasteiger partial charge in [0.1, 0.15) is 0 Å². The van der Waals surface area contributed by atoms with E-state index < -0.39 is 0 Å². The molecule has 1 heterocycles. The molecule has 1 nitrogen and oxygen atoms in total. The van der Waals surface area contributed by atoms with E-state index in [0.717, 1.165) is 6.54 Å². The van der Waals surface area contributed by atoms with Crippen LogP contribution in [-0.4, -0.2) is 12.3 Å². The number of nitrogens with one attached hydrogen (secondary N) is 1. The number of hydrogen-bond donors (Lipinski definition) is 1. The summed E-state index contributed by atoms with van der Waals surface area (Å²) in [4.78, 5) is 1.40. The highest BCUT2D eigenvalue weighted by molar-refractivity contribution is 7.99. The average molecular weight is 179 g/mol. The Labute approximate surface area is 77.6 Å². The number of thioether (sulfide) groups is 1. The Balaban J connectivity index is 2.36. The summed E-state index contributed by atoms with van der Waals surface area (Å²) < 4.78 is 0. The normalized spacial score (nSPS) is 16.1. The van der Waals surface area contributed by atoms with E-state index in [0.29, 0.717) is 0 Å². The van der Waals surface area contributed by atoms with Gasteiger partial charge >= 0.3 is 0 Å². The van der Waals surface area contributed by atoms with Crippen LogP contribution in [-0.2, 0) is 0 Å². The molecule has 0 aliphatic carbocycles. The van der Waals surface area contributed by atoms with Gasteiger partial charge in [-0.05, 0) is 36.8 Å². The van der Waals surface area contributed by atoms with Crippen LogP contribution in [0.1, 0.15) is 12.0 Å². The fourth-order valence-electron chi connectivity index (χ4n) is 1.39. The highest BCUT2D eigenvalue weighted by Gasteiger charge is 2.06. The molecular formula is C10H13NS. The molecule has 0 radical (unpaired) electrons. The molecule has 1 N–H and O–H groups in total. The van der Waals surface area contributed by atoms with Crippen molar-refractivity contribution >= 4 is 17.4 Å². The van der Waals surface area contributed by atoms with Crippen LogP contribution >= 0.6 is 11.8 Å². The lowest BCUT2D eigenvalue weighted by Gasteiger charge is -2.06. The standard InChI is InChI=1S/C10H13NS/c1-8-3-4-10-9(7-8)11-5-2-6-12-10/h3-4,7,11H,2,5-6H2,1H3. The van der Waals surface area contributed by atoms with Crippen LogP contribution in [0.3, 0.4) is 0 Å². The minimum Gasteiger partial charge on any atom is -0.384 e. The van der Waals surface area contributed by atoms with Crippen molar-refractivity contribution in [2.75, 3.05) is 17.6 Å². The zero-order valence-corrected chi connectivity index (χ0v) is 8.08. The van der Waals surface area contributed by atoms with Crippen molar-refractivity contribution in [3.63, 3.8) is 0 Å². The minimum atomic E-state index is 1.11. The summed E-state index contributed by atoms with van der Waals surface area (Å²) >= 11 is 1.96. The Bertz CT molecular complexity index is 283. The molecule has 1 aliphatic rings. The molecule has 2 rings (SSSR count). The van der Waals surface area contributed by atoms with Crippen LogP contribution in [0, 0.1) is 6.92 Å². The van der Waals surface area contributed by atoms with E-state index >= 15 is 0 Å². The van der Waals surface area contributed by atoms with E-state index in [4.69, 9.17) is 0 Å². The molecule has 0 spiro atoms. The van der Waals surface area contributed by atoms with Gasteiger partial charge in [0.15, 0.2) is 0 Å². The second-order valence-electron chi connectivity index (χ2n) is 3.13. The lowest BCUT2D eigenvalue weighted by Crippen LogP contribution is -1.99. The fraction of sp³-hybridized carbons (Fsp3) is 0.400. The summed E-state index contributed by atoms with van der Waals surface area (Å²) in [5, 5.41) is 3.45. The van der Waals surface area contributed by atoms with Gasteiger partial charge in [-0.15, -0.1) is 11.8 Å². The monoisotopic (exact) mass is 179 g/mol. The molecule has 64 valence electrons. The Morgan fingerprint density at radius 2 is 2.33 bits per heavy atom. The third-order valence-corrected chi connectivity index (χ3v) is 3.19. The Hall–Kier alpha value is -0.630. The maximum Gasteiger partial charge on any atom is 0.0481 e. The van der Waals surface area contributed by atoms with E-state index in [2.05, 4.69) is 30.4 Å². The van der Waals surface area contributed by atoms with Crippen molar-refractivity contribution < 1.29 is 0 Å². The van der Waals surface area contributed by atoms with Crippen LogP contribution < -0.4 is 5.32 Å². The molecule has 1 aromatic carbocycles. The van der Waals surface area contributed by atoms with E-state index in [1.54, 1.807) is 0 Å². The lowest BCUT2D eigenvalue weighted by atomic mass is 10.2. The number of hydrogen-bond acceptors (Lipinski definition) is 2.